The molecule has 31 heavy (non-hydrogen) atoms. The molecule has 7 nitrogen and oxygen atoms in total. The molecule has 0 radical (unpaired) electrons. The molecule has 0 unspecified atom stereocenters. The minimum atomic E-state index is -4.14. The highest BCUT2D eigenvalue weighted by Crippen LogP contribution is 2.26. The molecule has 1 aromatic heterocycles. The lowest BCUT2D eigenvalue weighted by Gasteiger charge is -2.23. The number of hydrogen-bond donors (Lipinski definition) is 1. The van der Waals surface area contributed by atoms with E-state index in [0.717, 1.165) is 22.8 Å². The molecule has 4 aromatic rings. The summed E-state index contributed by atoms with van der Waals surface area (Å²) < 4.78 is 42.4. The monoisotopic (exact) mass is 457 g/mol. The maximum absolute atomic E-state index is 14.5. The second-order valence-electron chi connectivity index (χ2n) is 6.77. The smallest absolute Gasteiger partial charge is 0.207 e. The number of aromatic amines is 1. The Hall–Kier alpha value is -3.14. The van der Waals surface area contributed by atoms with E-state index in [1.165, 1.54) is 16.4 Å². The molecule has 0 saturated carbocycles. The molecule has 1 heterocycles. The van der Waals surface area contributed by atoms with Crippen LogP contribution in [-0.4, -0.2) is 33.3 Å². The van der Waals surface area contributed by atoms with Crippen molar-refractivity contribution in [1.29, 1.82) is 0 Å². The number of H-pyrrole nitrogens is 1. The van der Waals surface area contributed by atoms with E-state index in [2.05, 4.69) is 20.6 Å². The van der Waals surface area contributed by atoms with Crippen molar-refractivity contribution in [2.45, 2.75) is 18.0 Å². The summed E-state index contributed by atoms with van der Waals surface area (Å²) in [5.41, 5.74) is 2.24. The molecule has 0 fully saturated rings. The maximum atomic E-state index is 14.5. The highest BCUT2D eigenvalue weighted by Gasteiger charge is 2.28. The summed E-state index contributed by atoms with van der Waals surface area (Å²) in [5, 5.41) is 13.9. The van der Waals surface area contributed by atoms with Gasteiger partial charge in [-0.2, -0.15) is 9.52 Å². The van der Waals surface area contributed by atoms with Crippen molar-refractivity contribution in [3.05, 3.63) is 94.8 Å². The van der Waals surface area contributed by atoms with Gasteiger partial charge < -0.3 is 0 Å². The Labute approximate surface area is 183 Å². The number of nitrogens with zero attached hydrogens (tertiary/aromatic N) is 4. The van der Waals surface area contributed by atoms with Crippen LogP contribution in [0.15, 0.2) is 77.7 Å². The van der Waals surface area contributed by atoms with E-state index >= 15 is 0 Å². The second-order valence-corrected chi connectivity index (χ2v) is 9.11. The molecule has 10 heteroatoms. The van der Waals surface area contributed by atoms with E-state index in [4.69, 9.17) is 11.6 Å². The Morgan fingerprint density at radius 2 is 1.61 bits per heavy atom. The van der Waals surface area contributed by atoms with Crippen molar-refractivity contribution in [1.82, 2.24) is 24.9 Å². The largest absolute Gasteiger partial charge is 0.246 e. The molecule has 0 aliphatic heterocycles. The lowest BCUT2D eigenvalue weighted by atomic mass is 10.1. The molecule has 1 N–H and O–H groups in total. The van der Waals surface area contributed by atoms with Gasteiger partial charge in [0.05, 0.1) is 0 Å². The quantitative estimate of drug-likeness (QED) is 0.452. The Morgan fingerprint density at radius 3 is 2.23 bits per heavy atom. The third-order valence-electron chi connectivity index (χ3n) is 4.63. The minimum absolute atomic E-state index is 0.0474. The fourth-order valence-corrected chi connectivity index (χ4v) is 4.70. The molecule has 0 saturated heterocycles. The molecule has 0 aliphatic carbocycles. The van der Waals surface area contributed by atoms with Crippen LogP contribution in [0.25, 0.3) is 11.4 Å². The molecule has 0 bridgehead atoms. The average molecular weight is 458 g/mol. The van der Waals surface area contributed by atoms with Gasteiger partial charge in [-0.3, -0.25) is 0 Å². The summed E-state index contributed by atoms with van der Waals surface area (Å²) in [4.78, 5) is -0.420. The Morgan fingerprint density at radius 1 is 0.935 bits per heavy atom. The third kappa shape index (κ3) is 4.79. The zero-order chi connectivity index (χ0) is 21.8. The van der Waals surface area contributed by atoms with E-state index in [0.29, 0.717) is 5.82 Å². The predicted molar refractivity (Wildman–Crippen MR) is 114 cm³/mol. The zero-order valence-corrected chi connectivity index (χ0v) is 17.7. The summed E-state index contributed by atoms with van der Waals surface area (Å²) in [6.07, 6.45) is 0. The van der Waals surface area contributed by atoms with Crippen molar-refractivity contribution in [2.75, 3.05) is 0 Å². The number of aromatic nitrogens is 4. The van der Waals surface area contributed by atoms with Gasteiger partial charge in [-0.25, -0.2) is 12.8 Å². The first-order valence-electron chi connectivity index (χ1n) is 9.25. The van der Waals surface area contributed by atoms with Crippen LogP contribution in [0.1, 0.15) is 11.1 Å². The molecule has 3 aromatic carbocycles. The van der Waals surface area contributed by atoms with Gasteiger partial charge in [0.2, 0.25) is 15.8 Å². The molecular formula is C21H17ClFN5O2S. The van der Waals surface area contributed by atoms with Crippen LogP contribution < -0.4 is 0 Å². The fourth-order valence-electron chi connectivity index (χ4n) is 3.08. The van der Waals surface area contributed by atoms with Crippen molar-refractivity contribution < 1.29 is 12.8 Å². The number of halogens is 2. The molecule has 0 atom stereocenters. The predicted octanol–water partition coefficient (Wildman–Crippen LogP) is 4.05. The molecule has 0 aliphatic rings. The standard InChI is InChI=1S/C21H17ClFN5O2S/c22-18-10-11-20(19(23)12-18)31(29,30)28(13-15-4-2-1-3-5-15)14-16-6-8-17(9-7-16)21-24-26-27-25-21/h1-12H,13-14H2,(H,24,25,26,27). The summed E-state index contributed by atoms with van der Waals surface area (Å²) >= 11 is 5.80. The number of nitrogens with one attached hydrogen (secondary N) is 1. The topological polar surface area (TPSA) is 91.8 Å². The fraction of sp³-hybridized carbons (Fsp3) is 0.0952. The molecule has 4 rings (SSSR count). The van der Waals surface area contributed by atoms with Crippen LogP contribution in [0.4, 0.5) is 4.39 Å². The van der Waals surface area contributed by atoms with Crippen LogP contribution in [0.3, 0.4) is 0 Å². The van der Waals surface area contributed by atoms with Gasteiger partial charge in [-0.15, -0.1) is 10.2 Å². The zero-order valence-electron chi connectivity index (χ0n) is 16.1. The summed E-state index contributed by atoms with van der Waals surface area (Å²) in [5.74, 6) is -0.457. The highest BCUT2D eigenvalue weighted by atomic mass is 35.5. The van der Waals surface area contributed by atoms with Gasteiger partial charge in [0, 0.05) is 23.7 Å². The first kappa shape index (κ1) is 21.1. The summed E-state index contributed by atoms with van der Waals surface area (Å²) in [7, 11) is -4.14. The lowest BCUT2D eigenvalue weighted by Crippen LogP contribution is -2.31. The van der Waals surface area contributed by atoms with Gasteiger partial charge in [0.25, 0.3) is 0 Å². The summed E-state index contributed by atoms with van der Waals surface area (Å²) in [6.45, 7) is 0.129. The number of benzene rings is 3. The minimum Gasteiger partial charge on any atom is -0.207 e. The Kier molecular flexibility index (Phi) is 6.08. The van der Waals surface area contributed by atoms with Crippen molar-refractivity contribution in [3.63, 3.8) is 0 Å². The second kappa shape index (κ2) is 8.93. The van der Waals surface area contributed by atoms with Gasteiger partial charge in [0.1, 0.15) is 10.7 Å². The van der Waals surface area contributed by atoms with Crippen molar-refractivity contribution >= 4 is 21.6 Å². The molecule has 0 spiro atoms. The first-order chi connectivity index (χ1) is 14.9. The van der Waals surface area contributed by atoms with E-state index in [1.54, 1.807) is 24.3 Å². The van der Waals surface area contributed by atoms with E-state index in [9.17, 15) is 12.8 Å². The van der Waals surface area contributed by atoms with Crippen LogP contribution in [0, 0.1) is 5.82 Å². The highest BCUT2D eigenvalue weighted by molar-refractivity contribution is 7.89. The molecule has 158 valence electrons. The molecular weight excluding hydrogens is 441 g/mol. The van der Waals surface area contributed by atoms with Gasteiger partial charge in [0.15, 0.2) is 0 Å². The normalized spacial score (nSPS) is 11.7. The number of tetrazole rings is 1. The number of sulfonamides is 1. The molecule has 0 amide bonds. The van der Waals surface area contributed by atoms with Crippen LogP contribution in [0.2, 0.25) is 5.02 Å². The van der Waals surface area contributed by atoms with Gasteiger partial charge in [-0.1, -0.05) is 66.2 Å². The SMILES string of the molecule is O=S(=O)(c1ccc(Cl)cc1F)N(Cc1ccccc1)Cc1ccc(-c2nn[nH]n2)cc1. The Bertz CT molecular complexity index is 1270. The van der Waals surface area contributed by atoms with Crippen LogP contribution >= 0.6 is 11.6 Å². The van der Waals surface area contributed by atoms with Crippen LogP contribution in [0.5, 0.6) is 0 Å². The van der Waals surface area contributed by atoms with Crippen LogP contribution in [-0.2, 0) is 23.1 Å². The van der Waals surface area contributed by atoms with Crippen molar-refractivity contribution in [2.24, 2.45) is 0 Å². The average Bonchev–Trinajstić information content (AvgIpc) is 3.29. The number of rotatable bonds is 7. The van der Waals surface area contributed by atoms with Gasteiger partial charge in [-0.05, 0) is 34.5 Å². The maximum Gasteiger partial charge on any atom is 0.246 e. The summed E-state index contributed by atoms with van der Waals surface area (Å²) in [6, 6.07) is 19.8. The third-order valence-corrected chi connectivity index (χ3v) is 6.69. The van der Waals surface area contributed by atoms with Crippen molar-refractivity contribution in [3.8, 4) is 11.4 Å². The van der Waals surface area contributed by atoms with E-state index in [-0.39, 0.29) is 18.1 Å². The van der Waals surface area contributed by atoms with Gasteiger partial charge >= 0.3 is 0 Å². The first-order valence-corrected chi connectivity index (χ1v) is 11.1. The lowest BCUT2D eigenvalue weighted by molar-refractivity contribution is 0.397. The Balaban J connectivity index is 1.67. The van der Waals surface area contributed by atoms with E-state index < -0.39 is 20.7 Å². The number of hydrogen-bond acceptors (Lipinski definition) is 5. The van der Waals surface area contributed by atoms with E-state index in [1.807, 2.05) is 30.3 Å².